The smallest absolute Gasteiger partial charge is 0.311 e. The molecule has 2 aromatic carbocycles. The zero-order valence-corrected chi connectivity index (χ0v) is 24.0. The van der Waals surface area contributed by atoms with Gasteiger partial charge in [0.25, 0.3) is 5.69 Å². The number of amides is 1. The largest absolute Gasteiger partial charge is 0.469 e. The first kappa shape index (κ1) is 39.8. The van der Waals surface area contributed by atoms with Crippen molar-refractivity contribution in [1.82, 2.24) is 0 Å². The molecule has 0 unspecified atom stereocenters. The van der Waals surface area contributed by atoms with Gasteiger partial charge in [0.2, 0.25) is 11.7 Å². The number of esters is 1. The number of rotatable bonds is 10. The molecule has 45 heavy (non-hydrogen) atoms. The number of methoxy groups -OCH3 is 1. The summed E-state index contributed by atoms with van der Waals surface area (Å²) in [5.74, 6) is -2.64. The standard InChI is InChI=1S/C9H7FN2O6.C8H7FN2O.B15/c1-18-9(13)3-5-2-6(10)8(12(16)17)4-7(5)11(14)15;9-5-1-4-2-8(12)11-7(4)3-6(5)10;1-9-13(8)15(12(6)7)14(10(2)3)11(4)5/h2,4H,3H2,1H3;1,3H,2,10H2,(H,11,12);. The molecule has 0 spiro atoms. The number of nitrogens with one attached hydrogen (secondary N) is 1. The molecular formula is C17H14B15F2N4O7. The third-order valence-corrected chi connectivity index (χ3v) is 6.40. The van der Waals surface area contributed by atoms with Gasteiger partial charge in [0.05, 0.1) is 41.6 Å². The number of hydrogen-bond donors (Lipinski definition) is 2. The highest BCUT2D eigenvalue weighted by atomic mass is 19.1. The van der Waals surface area contributed by atoms with E-state index in [1.807, 2.05) is 0 Å². The average molecular weight is 586 g/mol. The van der Waals surface area contributed by atoms with Crippen molar-refractivity contribution in [1.29, 1.82) is 0 Å². The van der Waals surface area contributed by atoms with Crippen LogP contribution in [0.5, 0.6) is 0 Å². The number of carbonyl (C=O) groups is 2. The quantitative estimate of drug-likeness (QED) is 0.0953. The number of anilines is 2. The average Bonchev–Trinajstić information content (AvgIpc) is 3.29. The molecule has 0 fully saturated rings. The summed E-state index contributed by atoms with van der Waals surface area (Å²) in [6.45, 7) is 0. The van der Waals surface area contributed by atoms with Gasteiger partial charge in [-0.1, -0.05) is 0 Å². The van der Waals surface area contributed by atoms with E-state index in [0.717, 1.165) is 7.11 Å². The summed E-state index contributed by atoms with van der Waals surface area (Å²) >= 11 is 0. The van der Waals surface area contributed by atoms with E-state index in [1.54, 1.807) is 0 Å². The molecule has 1 aliphatic heterocycles. The number of hydrogen-bond acceptors (Lipinski definition) is 8. The van der Waals surface area contributed by atoms with Gasteiger partial charge >= 0.3 is 11.7 Å². The molecule has 3 N–H and O–H groups in total. The summed E-state index contributed by atoms with van der Waals surface area (Å²) in [4.78, 5) is 41.0. The summed E-state index contributed by atoms with van der Waals surface area (Å²) < 4.78 is 30.4. The Morgan fingerprint density at radius 3 is 1.93 bits per heavy atom. The number of ether oxygens (including phenoxy) is 1. The summed E-state index contributed by atoms with van der Waals surface area (Å²) in [6.07, 6.45) is -4.07. The lowest BCUT2D eigenvalue weighted by molar-refractivity contribution is -0.396. The van der Waals surface area contributed by atoms with E-state index in [4.69, 9.17) is 67.6 Å². The van der Waals surface area contributed by atoms with E-state index in [0.29, 0.717) is 23.4 Å². The zero-order chi connectivity index (χ0) is 34.8. The van der Waals surface area contributed by atoms with Crippen molar-refractivity contribution in [3.8, 4) is 0 Å². The van der Waals surface area contributed by atoms with E-state index in [9.17, 15) is 38.6 Å². The summed E-state index contributed by atoms with van der Waals surface area (Å²) in [5, 5.41) is 23.7. The summed E-state index contributed by atoms with van der Waals surface area (Å²) in [5.41, 5.74) is 4.67. The first-order valence-electron chi connectivity index (χ1n) is 12.8. The minimum absolute atomic E-state index is 0.0657. The van der Waals surface area contributed by atoms with Gasteiger partial charge in [0.1, 0.15) is 5.82 Å². The van der Waals surface area contributed by atoms with Crippen molar-refractivity contribution < 1.29 is 33.0 Å². The number of nitrogen functional groups attached to an aromatic ring is 1. The molecule has 1 amide bonds. The monoisotopic (exact) mass is 589 g/mol. The van der Waals surface area contributed by atoms with Crippen LogP contribution in [-0.2, 0) is 27.2 Å². The molecule has 0 bridgehead atoms. The van der Waals surface area contributed by atoms with Gasteiger partial charge in [-0.25, -0.2) is 4.39 Å². The normalized spacial score (nSPS) is 10.7. The number of nitrogens with two attached hydrogens (primary N) is 1. The second-order valence-corrected chi connectivity index (χ2v) is 9.61. The summed E-state index contributed by atoms with van der Waals surface area (Å²) in [7, 11) is 46.8. The molecule has 0 aromatic heterocycles. The highest BCUT2D eigenvalue weighted by Gasteiger charge is 2.36. The van der Waals surface area contributed by atoms with Crippen molar-refractivity contribution in [2.45, 2.75) is 12.8 Å². The Morgan fingerprint density at radius 2 is 1.49 bits per heavy atom. The van der Waals surface area contributed by atoms with E-state index >= 15 is 0 Å². The van der Waals surface area contributed by atoms with Gasteiger partial charge < -0.3 is 15.8 Å². The highest BCUT2D eigenvalue weighted by molar-refractivity contribution is 8.12. The Kier molecular flexibility index (Phi) is 16.0. The SMILES string of the molecule is COC(=O)Cc1cc(F)c([N+](=O)[O-])cc1[N+](=O)[O-].Nc1cc2c(cc1F)CC(=O)N2.[B][B]B([B])B(B([B])[B])B(B([B])[B])B([B])[B]. The van der Waals surface area contributed by atoms with Crippen LogP contribution in [0.4, 0.5) is 31.5 Å². The Hall–Kier alpha value is -3.19. The topological polar surface area (TPSA) is 168 Å². The third-order valence-electron chi connectivity index (χ3n) is 6.40. The van der Waals surface area contributed by atoms with Crippen molar-refractivity contribution in [3.63, 3.8) is 0 Å². The van der Waals surface area contributed by atoms with E-state index in [2.05, 4.69) is 10.1 Å². The van der Waals surface area contributed by atoms with E-state index < -0.39 is 83.6 Å². The number of benzene rings is 2. The lowest BCUT2D eigenvalue weighted by atomic mass is 8.46. The van der Waals surface area contributed by atoms with Gasteiger partial charge in [0, 0.05) is 119 Å². The molecule has 1 aliphatic rings. The van der Waals surface area contributed by atoms with Gasteiger partial charge in [-0.3, -0.25) is 29.8 Å². The fourth-order valence-electron chi connectivity index (χ4n) is 4.20. The molecule has 0 aliphatic carbocycles. The number of nitro benzene ring substituents is 2. The molecule has 17 radical (unpaired) electrons. The fraction of sp³-hybridized carbons (Fsp3) is 0.176. The van der Waals surface area contributed by atoms with Crippen molar-refractivity contribution in [3.05, 3.63) is 67.3 Å². The Bertz CT molecular complexity index is 1360. The van der Waals surface area contributed by atoms with Crippen LogP contribution in [0.2, 0.25) is 0 Å². The molecule has 0 saturated heterocycles. The van der Waals surface area contributed by atoms with Gasteiger partial charge in [-0.2, -0.15) is 4.39 Å². The number of nitrogens with zero attached hydrogens (tertiary/aromatic N) is 2. The zero-order valence-electron chi connectivity index (χ0n) is 24.0. The minimum atomic E-state index is -1.25. The number of carbonyl (C=O) groups excluding carboxylic acids is 2. The highest BCUT2D eigenvalue weighted by Crippen LogP contribution is 2.29. The van der Waals surface area contributed by atoms with E-state index in [-0.39, 0.29) is 23.6 Å². The van der Waals surface area contributed by atoms with Crippen LogP contribution in [0.25, 0.3) is 0 Å². The van der Waals surface area contributed by atoms with Crippen LogP contribution >= 0.6 is 0 Å². The molecular weight excluding hydrogens is 572 g/mol. The first-order chi connectivity index (χ1) is 20.9. The molecule has 11 nitrogen and oxygen atoms in total. The second kappa shape index (κ2) is 18.1. The number of nitro groups is 2. The number of fused-ring (bicyclic) bond motifs is 1. The molecule has 28 heteroatoms. The van der Waals surface area contributed by atoms with Crippen LogP contribution in [0, 0.1) is 31.9 Å². The predicted octanol–water partition coefficient (Wildman–Crippen LogP) is -3.45. The van der Waals surface area contributed by atoms with Crippen LogP contribution in [0.1, 0.15) is 11.1 Å². The predicted molar refractivity (Wildman–Crippen MR) is 185 cm³/mol. The minimum Gasteiger partial charge on any atom is -0.469 e. The van der Waals surface area contributed by atoms with Gasteiger partial charge in [0.15, 0.2) is 0 Å². The summed E-state index contributed by atoms with van der Waals surface area (Å²) in [6, 6.07) is 3.80. The fourth-order valence-corrected chi connectivity index (χ4v) is 4.20. The van der Waals surface area contributed by atoms with Gasteiger partial charge in [-0.15, -0.1) is 0 Å². The van der Waals surface area contributed by atoms with Crippen LogP contribution in [0.15, 0.2) is 24.3 Å². The third kappa shape index (κ3) is 11.6. The lowest BCUT2D eigenvalue weighted by Gasteiger charge is -2.35. The molecule has 0 saturated carbocycles. The lowest BCUT2D eigenvalue weighted by Crippen LogP contribution is -2.73. The number of halogens is 2. The van der Waals surface area contributed by atoms with Crippen molar-refractivity contribution in [2.75, 3.05) is 18.2 Å². The van der Waals surface area contributed by atoms with Crippen LogP contribution in [-0.4, -0.2) is 136 Å². The van der Waals surface area contributed by atoms with E-state index in [1.165, 1.54) is 19.2 Å². The maximum Gasteiger partial charge on any atom is 0.311 e. The Morgan fingerprint density at radius 1 is 0.956 bits per heavy atom. The maximum absolute atomic E-state index is 13.3. The molecule has 0 atom stereocenters. The van der Waals surface area contributed by atoms with Crippen molar-refractivity contribution in [2.24, 2.45) is 0 Å². The molecule has 3 rings (SSSR count). The molecule has 203 valence electrons. The molecule has 1 heterocycles. The Balaban J connectivity index is 0.000000344. The molecule has 2 aromatic rings. The second-order valence-electron chi connectivity index (χ2n) is 9.61. The van der Waals surface area contributed by atoms with Crippen molar-refractivity contribution >= 4 is 142 Å². The Labute approximate surface area is 272 Å². The van der Waals surface area contributed by atoms with Gasteiger partial charge in [-0.05, 0) is 23.8 Å². The van der Waals surface area contributed by atoms with Crippen LogP contribution in [0.3, 0.4) is 0 Å². The first-order valence-corrected chi connectivity index (χ1v) is 12.8. The maximum atomic E-state index is 13.3. The van der Waals surface area contributed by atoms with Crippen LogP contribution < -0.4 is 11.1 Å².